The SMILES string of the molecule is O=C(Nc1ccccc1[N+](=O)[O-])c1cc(F)cc(F)c1. The zero-order valence-electron chi connectivity index (χ0n) is 9.97. The number of carbonyl (C=O) groups excluding carboxylic acids is 1. The Morgan fingerprint density at radius 2 is 1.70 bits per heavy atom. The first kappa shape index (κ1) is 13.6. The maximum absolute atomic E-state index is 13.0. The van der Waals surface area contributed by atoms with Crippen molar-refractivity contribution < 1.29 is 18.5 Å². The van der Waals surface area contributed by atoms with Gasteiger partial charge in [0.2, 0.25) is 0 Å². The van der Waals surface area contributed by atoms with Crippen LogP contribution in [0.4, 0.5) is 20.2 Å². The van der Waals surface area contributed by atoms with Crippen LogP contribution < -0.4 is 5.32 Å². The van der Waals surface area contributed by atoms with Crippen LogP contribution in [0.15, 0.2) is 42.5 Å². The van der Waals surface area contributed by atoms with Gasteiger partial charge in [-0.25, -0.2) is 8.78 Å². The van der Waals surface area contributed by atoms with E-state index in [0.717, 1.165) is 12.1 Å². The zero-order valence-corrected chi connectivity index (χ0v) is 9.97. The van der Waals surface area contributed by atoms with Crippen LogP contribution in [-0.4, -0.2) is 10.8 Å². The molecule has 0 heterocycles. The van der Waals surface area contributed by atoms with E-state index in [1.807, 2.05) is 0 Å². The molecule has 0 saturated carbocycles. The summed E-state index contributed by atoms with van der Waals surface area (Å²) in [5.74, 6) is -2.65. The number of halogens is 2. The maximum atomic E-state index is 13.0. The molecular weight excluding hydrogens is 270 g/mol. The van der Waals surface area contributed by atoms with Crippen molar-refractivity contribution in [1.82, 2.24) is 0 Å². The molecule has 0 aliphatic carbocycles. The molecule has 1 amide bonds. The van der Waals surface area contributed by atoms with Crippen molar-refractivity contribution in [2.24, 2.45) is 0 Å². The number of benzene rings is 2. The number of nitro groups is 1. The van der Waals surface area contributed by atoms with Gasteiger partial charge in [0.25, 0.3) is 11.6 Å². The topological polar surface area (TPSA) is 72.2 Å². The van der Waals surface area contributed by atoms with Gasteiger partial charge in [0.15, 0.2) is 0 Å². The predicted octanol–water partition coefficient (Wildman–Crippen LogP) is 3.13. The lowest BCUT2D eigenvalue weighted by atomic mass is 10.2. The second-order valence-electron chi connectivity index (χ2n) is 3.89. The summed E-state index contributed by atoms with van der Waals surface area (Å²) in [5, 5.41) is 13.0. The van der Waals surface area contributed by atoms with E-state index in [-0.39, 0.29) is 16.9 Å². The number of hydrogen-bond donors (Lipinski definition) is 1. The molecule has 2 rings (SSSR count). The minimum Gasteiger partial charge on any atom is -0.316 e. The molecule has 0 spiro atoms. The molecule has 0 aliphatic heterocycles. The third-order valence-corrected chi connectivity index (χ3v) is 2.47. The van der Waals surface area contributed by atoms with E-state index in [1.165, 1.54) is 24.3 Å². The highest BCUT2D eigenvalue weighted by Gasteiger charge is 2.16. The lowest BCUT2D eigenvalue weighted by molar-refractivity contribution is -0.383. The molecule has 102 valence electrons. The van der Waals surface area contributed by atoms with Crippen LogP contribution in [-0.2, 0) is 0 Å². The van der Waals surface area contributed by atoms with E-state index in [9.17, 15) is 23.7 Å². The molecule has 0 radical (unpaired) electrons. The number of amides is 1. The molecule has 0 aromatic heterocycles. The number of carbonyl (C=O) groups is 1. The third-order valence-electron chi connectivity index (χ3n) is 2.47. The second-order valence-corrected chi connectivity index (χ2v) is 3.89. The highest BCUT2D eigenvalue weighted by molar-refractivity contribution is 6.05. The molecule has 1 N–H and O–H groups in total. The highest BCUT2D eigenvalue weighted by Crippen LogP contribution is 2.23. The van der Waals surface area contributed by atoms with E-state index < -0.39 is 22.5 Å². The number of anilines is 1. The fraction of sp³-hybridized carbons (Fsp3) is 0. The van der Waals surface area contributed by atoms with Gasteiger partial charge in [-0.15, -0.1) is 0 Å². The largest absolute Gasteiger partial charge is 0.316 e. The zero-order chi connectivity index (χ0) is 14.7. The maximum Gasteiger partial charge on any atom is 0.292 e. The van der Waals surface area contributed by atoms with Gasteiger partial charge >= 0.3 is 0 Å². The molecule has 0 bridgehead atoms. The summed E-state index contributed by atoms with van der Waals surface area (Å²) in [6.45, 7) is 0. The van der Waals surface area contributed by atoms with Crippen molar-refractivity contribution in [2.45, 2.75) is 0 Å². The molecule has 7 heteroatoms. The van der Waals surface area contributed by atoms with Gasteiger partial charge in [-0.1, -0.05) is 12.1 Å². The molecule has 0 unspecified atom stereocenters. The van der Waals surface area contributed by atoms with Crippen LogP contribution in [0.3, 0.4) is 0 Å². The van der Waals surface area contributed by atoms with Crippen LogP contribution in [0, 0.1) is 21.7 Å². The molecule has 0 saturated heterocycles. The Morgan fingerprint density at radius 1 is 1.10 bits per heavy atom. The second kappa shape index (κ2) is 5.43. The molecule has 20 heavy (non-hydrogen) atoms. The fourth-order valence-electron chi connectivity index (χ4n) is 1.62. The van der Waals surface area contributed by atoms with Crippen LogP contribution >= 0.6 is 0 Å². The molecule has 0 fully saturated rings. The van der Waals surface area contributed by atoms with Gasteiger partial charge in [0.1, 0.15) is 17.3 Å². The van der Waals surface area contributed by atoms with Crippen LogP contribution in [0.5, 0.6) is 0 Å². The van der Waals surface area contributed by atoms with Gasteiger partial charge in [-0.3, -0.25) is 14.9 Å². The molecule has 0 aliphatic rings. The Labute approximate surface area is 112 Å². The van der Waals surface area contributed by atoms with E-state index >= 15 is 0 Å². The molecule has 5 nitrogen and oxygen atoms in total. The minimum atomic E-state index is -0.905. The Kier molecular flexibility index (Phi) is 3.69. The van der Waals surface area contributed by atoms with E-state index in [1.54, 1.807) is 0 Å². The van der Waals surface area contributed by atoms with Crippen molar-refractivity contribution in [3.63, 3.8) is 0 Å². The normalized spacial score (nSPS) is 10.1. The summed E-state index contributed by atoms with van der Waals surface area (Å²) in [4.78, 5) is 21.9. The van der Waals surface area contributed by atoms with Gasteiger partial charge in [0.05, 0.1) is 4.92 Å². The van der Waals surface area contributed by atoms with Crippen molar-refractivity contribution in [2.75, 3.05) is 5.32 Å². The highest BCUT2D eigenvalue weighted by atomic mass is 19.1. The predicted molar refractivity (Wildman–Crippen MR) is 67.4 cm³/mol. The van der Waals surface area contributed by atoms with Gasteiger partial charge in [-0.2, -0.15) is 0 Å². The molecule has 2 aromatic carbocycles. The monoisotopic (exact) mass is 278 g/mol. The summed E-state index contributed by atoms with van der Waals surface area (Å²) in [7, 11) is 0. The Balaban J connectivity index is 2.30. The summed E-state index contributed by atoms with van der Waals surface area (Å²) in [6, 6.07) is 7.78. The number of nitrogens with one attached hydrogen (secondary N) is 1. The summed E-state index contributed by atoms with van der Waals surface area (Å²) in [6.07, 6.45) is 0. The van der Waals surface area contributed by atoms with Crippen LogP contribution in [0.25, 0.3) is 0 Å². The first-order chi connectivity index (χ1) is 9.47. The van der Waals surface area contributed by atoms with Crippen molar-refractivity contribution in [3.8, 4) is 0 Å². The third kappa shape index (κ3) is 2.94. The van der Waals surface area contributed by atoms with E-state index in [2.05, 4.69) is 5.32 Å². The standard InChI is InChI=1S/C13H8F2N2O3/c14-9-5-8(6-10(15)7-9)13(18)16-11-3-1-2-4-12(11)17(19)20/h1-7H,(H,16,18). The minimum absolute atomic E-state index is 0.0489. The number of nitro benzene ring substituents is 1. The fourth-order valence-corrected chi connectivity index (χ4v) is 1.62. The van der Waals surface area contributed by atoms with Gasteiger partial charge in [0, 0.05) is 17.7 Å². The number of nitrogens with zero attached hydrogens (tertiary/aromatic N) is 1. The van der Waals surface area contributed by atoms with E-state index in [4.69, 9.17) is 0 Å². The molecular formula is C13H8F2N2O3. The summed E-state index contributed by atoms with van der Waals surface area (Å²) >= 11 is 0. The number of rotatable bonds is 3. The lowest BCUT2D eigenvalue weighted by Gasteiger charge is -2.06. The van der Waals surface area contributed by atoms with Gasteiger partial charge in [-0.05, 0) is 18.2 Å². The van der Waals surface area contributed by atoms with Crippen molar-refractivity contribution in [3.05, 3.63) is 69.8 Å². The smallest absolute Gasteiger partial charge is 0.292 e. The van der Waals surface area contributed by atoms with Crippen molar-refractivity contribution in [1.29, 1.82) is 0 Å². The number of para-hydroxylation sites is 2. The van der Waals surface area contributed by atoms with Crippen LogP contribution in [0.1, 0.15) is 10.4 Å². The molecule has 2 aromatic rings. The average Bonchev–Trinajstić information content (AvgIpc) is 2.37. The number of hydrogen-bond acceptors (Lipinski definition) is 3. The van der Waals surface area contributed by atoms with Gasteiger partial charge < -0.3 is 5.32 Å². The quantitative estimate of drug-likeness (QED) is 0.692. The first-order valence-corrected chi connectivity index (χ1v) is 5.48. The Bertz CT molecular complexity index is 669. The van der Waals surface area contributed by atoms with Crippen LogP contribution in [0.2, 0.25) is 0 Å². The first-order valence-electron chi connectivity index (χ1n) is 5.48. The lowest BCUT2D eigenvalue weighted by Crippen LogP contribution is -2.13. The Hall–Kier alpha value is -2.83. The summed E-state index contributed by atoms with van der Waals surface area (Å²) in [5.41, 5.74) is -0.620. The average molecular weight is 278 g/mol. The Morgan fingerprint density at radius 3 is 2.30 bits per heavy atom. The summed E-state index contributed by atoms with van der Waals surface area (Å²) < 4.78 is 26.0. The van der Waals surface area contributed by atoms with E-state index in [0.29, 0.717) is 6.07 Å². The van der Waals surface area contributed by atoms with Crippen molar-refractivity contribution >= 4 is 17.3 Å². The molecule has 0 atom stereocenters.